The first-order valence-corrected chi connectivity index (χ1v) is 11.3. The van der Waals surface area contributed by atoms with E-state index in [4.69, 9.17) is 39.8 Å². The molecule has 0 aliphatic carbocycles. The Labute approximate surface area is 201 Å². The van der Waals surface area contributed by atoms with Crippen LogP contribution < -0.4 is 5.32 Å². The van der Waals surface area contributed by atoms with Crippen LogP contribution in [0.1, 0.15) is 29.1 Å². The maximum atomic E-state index is 6.43. The number of hydrogen-bond donors (Lipinski definition) is 1. The summed E-state index contributed by atoms with van der Waals surface area (Å²) < 4.78 is 6.35. The van der Waals surface area contributed by atoms with Gasteiger partial charge in [0.25, 0.3) is 0 Å². The van der Waals surface area contributed by atoms with Gasteiger partial charge < -0.3 is 14.6 Å². The molecule has 1 N–H and O–H groups in total. The van der Waals surface area contributed by atoms with Gasteiger partial charge in [-0.25, -0.2) is 0 Å². The van der Waals surface area contributed by atoms with Crippen molar-refractivity contribution in [3.63, 3.8) is 0 Å². The number of hydrogen-bond acceptors (Lipinski definition) is 3. The van der Waals surface area contributed by atoms with Gasteiger partial charge in [0.05, 0.1) is 21.8 Å². The fraction of sp³-hybridized carbons (Fsp3) is 0.120. The van der Waals surface area contributed by atoms with E-state index in [1.807, 2.05) is 60.7 Å². The fourth-order valence-electron chi connectivity index (χ4n) is 4.02. The van der Waals surface area contributed by atoms with Crippen molar-refractivity contribution >= 4 is 40.5 Å². The van der Waals surface area contributed by atoms with Crippen molar-refractivity contribution in [3.8, 4) is 11.3 Å². The van der Waals surface area contributed by atoms with E-state index in [-0.39, 0.29) is 12.1 Å². The van der Waals surface area contributed by atoms with Crippen molar-refractivity contribution in [2.75, 3.05) is 0 Å². The van der Waals surface area contributed by atoms with Gasteiger partial charge in [-0.1, -0.05) is 65.7 Å². The number of rotatable bonds is 5. The highest BCUT2D eigenvalue weighted by Gasteiger charge is 2.41. The van der Waals surface area contributed by atoms with Gasteiger partial charge >= 0.3 is 0 Å². The topological polar surface area (TPSA) is 41.3 Å². The van der Waals surface area contributed by atoms with E-state index in [0.29, 0.717) is 27.5 Å². The van der Waals surface area contributed by atoms with E-state index < -0.39 is 0 Å². The van der Waals surface area contributed by atoms with E-state index in [9.17, 15) is 0 Å². The first kappa shape index (κ1) is 21.0. The van der Waals surface area contributed by atoms with Crippen molar-refractivity contribution in [1.29, 1.82) is 0 Å². The predicted octanol–water partition coefficient (Wildman–Crippen LogP) is 6.82. The van der Waals surface area contributed by atoms with Gasteiger partial charge in [-0.15, -0.1) is 0 Å². The van der Waals surface area contributed by atoms with Crippen molar-refractivity contribution in [1.82, 2.24) is 15.2 Å². The Hall–Kier alpha value is -2.86. The summed E-state index contributed by atoms with van der Waals surface area (Å²) >= 11 is 18.4. The Balaban J connectivity index is 1.56. The van der Waals surface area contributed by atoms with Crippen LogP contribution in [0.5, 0.6) is 0 Å². The van der Waals surface area contributed by atoms with Gasteiger partial charge in [-0.2, -0.15) is 0 Å². The molecule has 5 rings (SSSR count). The molecule has 0 saturated carbocycles. The number of halogens is 2. The number of thiocarbonyl (C=S) groups is 1. The molecule has 4 nitrogen and oxygen atoms in total. The van der Waals surface area contributed by atoms with E-state index in [1.165, 1.54) is 0 Å². The normalized spacial score (nSPS) is 18.1. The highest BCUT2D eigenvalue weighted by atomic mass is 35.5. The van der Waals surface area contributed by atoms with Crippen LogP contribution >= 0.6 is 35.4 Å². The van der Waals surface area contributed by atoms with E-state index in [1.54, 1.807) is 12.3 Å². The fourth-order valence-corrected chi connectivity index (χ4v) is 4.71. The van der Waals surface area contributed by atoms with Crippen LogP contribution in [0.4, 0.5) is 0 Å². The summed E-state index contributed by atoms with van der Waals surface area (Å²) in [6, 6.07) is 25.2. The summed E-state index contributed by atoms with van der Waals surface area (Å²) in [5.41, 5.74) is 2.81. The number of pyridine rings is 1. The molecular weight excluding hydrogens is 461 g/mol. The van der Waals surface area contributed by atoms with Gasteiger partial charge in [0.2, 0.25) is 0 Å². The second kappa shape index (κ2) is 8.94. The van der Waals surface area contributed by atoms with Crippen molar-refractivity contribution in [2.45, 2.75) is 18.6 Å². The average molecular weight is 480 g/mol. The van der Waals surface area contributed by atoms with Crippen LogP contribution in [0.2, 0.25) is 10.0 Å². The largest absolute Gasteiger partial charge is 0.459 e. The molecule has 2 atom stereocenters. The zero-order valence-electron chi connectivity index (χ0n) is 16.9. The van der Waals surface area contributed by atoms with Crippen LogP contribution in [0, 0.1) is 0 Å². The molecule has 1 fully saturated rings. The summed E-state index contributed by atoms with van der Waals surface area (Å²) in [5.74, 6) is 1.43. The predicted molar refractivity (Wildman–Crippen MR) is 132 cm³/mol. The lowest BCUT2D eigenvalue weighted by Crippen LogP contribution is -2.29. The molecule has 2 aromatic heterocycles. The molecule has 0 radical (unpaired) electrons. The second-order valence-corrected chi connectivity index (χ2v) is 8.72. The molecule has 160 valence electrons. The smallest absolute Gasteiger partial charge is 0.170 e. The first-order chi connectivity index (χ1) is 15.6. The standard InChI is InChI=1S/C25H19Cl2N3OS/c26-18-10-6-9-17(22(18)27)20-12-13-21(31-20)24-23(19-11-4-5-14-28-19)29-25(32)30(24)15-16-7-2-1-3-8-16/h1-14,23-24H,15H2,(H,29,32)/t23-,24-/m1/s1. The van der Waals surface area contributed by atoms with Gasteiger partial charge in [-0.05, 0) is 54.2 Å². The number of furan rings is 1. The lowest BCUT2D eigenvalue weighted by molar-refractivity contribution is 0.269. The third kappa shape index (κ3) is 3.99. The third-order valence-electron chi connectivity index (χ3n) is 5.53. The lowest BCUT2D eigenvalue weighted by Gasteiger charge is -2.26. The zero-order chi connectivity index (χ0) is 22.1. The molecule has 0 bridgehead atoms. The van der Waals surface area contributed by atoms with Crippen LogP contribution in [0.3, 0.4) is 0 Å². The van der Waals surface area contributed by atoms with Gasteiger partial charge in [0.15, 0.2) is 5.11 Å². The van der Waals surface area contributed by atoms with Gasteiger partial charge in [-0.3, -0.25) is 4.98 Å². The van der Waals surface area contributed by atoms with Crippen LogP contribution in [-0.4, -0.2) is 15.0 Å². The molecule has 0 amide bonds. The highest BCUT2D eigenvalue weighted by molar-refractivity contribution is 7.80. The molecule has 1 saturated heterocycles. The van der Waals surface area contributed by atoms with E-state index in [2.05, 4.69) is 27.3 Å². The Bertz CT molecular complexity index is 1250. The Morgan fingerprint density at radius 3 is 2.53 bits per heavy atom. The SMILES string of the molecule is S=C1N[C@H](c2ccccn2)[C@@H](c2ccc(-c3cccc(Cl)c3Cl)o2)N1Cc1ccccc1. The quantitative estimate of drug-likeness (QED) is 0.318. The summed E-state index contributed by atoms with van der Waals surface area (Å²) in [4.78, 5) is 6.72. The van der Waals surface area contributed by atoms with Crippen LogP contribution in [0.15, 0.2) is 89.5 Å². The minimum absolute atomic E-state index is 0.152. The minimum atomic E-state index is -0.177. The Morgan fingerprint density at radius 2 is 1.75 bits per heavy atom. The molecule has 1 aliphatic heterocycles. The summed E-state index contributed by atoms with van der Waals surface area (Å²) in [6.07, 6.45) is 1.79. The van der Waals surface area contributed by atoms with Crippen LogP contribution in [0.25, 0.3) is 11.3 Å². The molecule has 1 aliphatic rings. The maximum Gasteiger partial charge on any atom is 0.170 e. The van der Waals surface area contributed by atoms with Crippen molar-refractivity contribution < 1.29 is 4.42 Å². The lowest BCUT2D eigenvalue weighted by atomic mass is 10.0. The molecule has 2 aromatic carbocycles. The second-order valence-electron chi connectivity index (χ2n) is 7.54. The van der Waals surface area contributed by atoms with E-state index in [0.717, 1.165) is 22.6 Å². The molecule has 32 heavy (non-hydrogen) atoms. The third-order valence-corrected chi connectivity index (χ3v) is 6.70. The average Bonchev–Trinajstić information content (AvgIpc) is 3.42. The Kier molecular flexibility index (Phi) is 5.87. The molecule has 3 heterocycles. The summed E-state index contributed by atoms with van der Waals surface area (Å²) in [6.45, 7) is 0.647. The van der Waals surface area contributed by atoms with E-state index >= 15 is 0 Å². The maximum absolute atomic E-state index is 6.43. The van der Waals surface area contributed by atoms with Gasteiger partial charge in [0, 0.05) is 18.3 Å². The van der Waals surface area contributed by atoms with Gasteiger partial charge in [0.1, 0.15) is 17.6 Å². The molecule has 0 unspecified atom stereocenters. The first-order valence-electron chi connectivity index (χ1n) is 10.2. The zero-order valence-corrected chi connectivity index (χ0v) is 19.2. The number of nitrogens with one attached hydrogen (secondary N) is 1. The molecular formula is C25H19Cl2N3OS. The number of aromatic nitrogens is 1. The Morgan fingerprint density at radius 1 is 0.938 bits per heavy atom. The minimum Gasteiger partial charge on any atom is -0.459 e. The summed E-state index contributed by atoms with van der Waals surface area (Å²) in [5, 5.41) is 5.07. The highest BCUT2D eigenvalue weighted by Crippen LogP contribution is 2.42. The number of benzene rings is 2. The van der Waals surface area contributed by atoms with Crippen molar-refractivity contribution in [3.05, 3.63) is 112 Å². The monoisotopic (exact) mass is 479 g/mol. The molecule has 0 spiro atoms. The summed E-state index contributed by atoms with van der Waals surface area (Å²) in [7, 11) is 0. The molecule has 7 heteroatoms. The van der Waals surface area contributed by atoms with Crippen molar-refractivity contribution in [2.24, 2.45) is 0 Å². The molecule has 4 aromatic rings. The number of nitrogens with zero attached hydrogens (tertiary/aromatic N) is 2. The van der Waals surface area contributed by atoms with Crippen LogP contribution in [-0.2, 0) is 6.54 Å².